The SMILES string of the molecule is CCOC(=O)C(C)NC(=O)c1cccc(N)c1Cl. The average molecular weight is 271 g/mol. The van der Waals surface area contributed by atoms with E-state index < -0.39 is 17.9 Å². The highest BCUT2D eigenvalue weighted by atomic mass is 35.5. The molecule has 0 saturated heterocycles. The molecule has 0 bridgehead atoms. The van der Waals surface area contributed by atoms with E-state index >= 15 is 0 Å². The number of hydrogen-bond acceptors (Lipinski definition) is 4. The van der Waals surface area contributed by atoms with Crippen LogP contribution in [0.15, 0.2) is 18.2 Å². The molecule has 0 heterocycles. The Balaban J connectivity index is 2.77. The van der Waals surface area contributed by atoms with E-state index in [1.165, 1.54) is 13.0 Å². The van der Waals surface area contributed by atoms with Crippen LogP contribution in [0.25, 0.3) is 0 Å². The van der Waals surface area contributed by atoms with Crippen molar-refractivity contribution in [2.45, 2.75) is 19.9 Å². The number of esters is 1. The molecule has 0 saturated carbocycles. The fourth-order valence-electron chi connectivity index (χ4n) is 1.33. The lowest BCUT2D eigenvalue weighted by Gasteiger charge is -2.13. The second kappa shape index (κ2) is 6.26. The van der Waals surface area contributed by atoms with Crippen LogP contribution in [-0.2, 0) is 9.53 Å². The van der Waals surface area contributed by atoms with Crippen LogP contribution in [0.5, 0.6) is 0 Å². The Bertz CT molecular complexity index is 463. The molecule has 18 heavy (non-hydrogen) atoms. The lowest BCUT2D eigenvalue weighted by atomic mass is 10.1. The third-order valence-electron chi connectivity index (χ3n) is 2.26. The molecule has 1 amide bonds. The standard InChI is InChI=1S/C12H15ClN2O3/c1-3-18-12(17)7(2)15-11(16)8-5-4-6-9(14)10(8)13/h4-7H,3,14H2,1-2H3,(H,15,16). The minimum absolute atomic E-state index is 0.172. The number of nitrogens with one attached hydrogen (secondary N) is 1. The Hall–Kier alpha value is -1.75. The summed E-state index contributed by atoms with van der Waals surface area (Å²) in [5, 5.41) is 2.67. The van der Waals surface area contributed by atoms with E-state index in [9.17, 15) is 9.59 Å². The minimum atomic E-state index is -0.741. The first-order valence-electron chi connectivity index (χ1n) is 5.48. The lowest BCUT2D eigenvalue weighted by molar-refractivity contribution is -0.144. The number of hydrogen-bond donors (Lipinski definition) is 2. The number of amides is 1. The average Bonchev–Trinajstić information content (AvgIpc) is 2.32. The predicted molar refractivity (Wildman–Crippen MR) is 69.4 cm³/mol. The molecule has 0 spiro atoms. The third-order valence-corrected chi connectivity index (χ3v) is 2.68. The predicted octanol–water partition coefficient (Wildman–Crippen LogP) is 1.60. The third kappa shape index (κ3) is 3.37. The first-order valence-corrected chi connectivity index (χ1v) is 5.86. The second-order valence-corrected chi connectivity index (χ2v) is 4.03. The summed E-state index contributed by atoms with van der Waals surface area (Å²) in [4.78, 5) is 23.2. The molecule has 0 aliphatic carbocycles. The first-order chi connectivity index (χ1) is 8.47. The topological polar surface area (TPSA) is 81.4 Å². The van der Waals surface area contributed by atoms with Crippen LogP contribution in [-0.4, -0.2) is 24.5 Å². The molecule has 1 aromatic carbocycles. The van der Waals surface area contributed by atoms with E-state index in [1.807, 2.05) is 0 Å². The van der Waals surface area contributed by atoms with E-state index in [2.05, 4.69) is 5.32 Å². The van der Waals surface area contributed by atoms with Crippen molar-refractivity contribution >= 4 is 29.2 Å². The highest BCUT2D eigenvalue weighted by Gasteiger charge is 2.19. The molecule has 0 aliphatic rings. The molecule has 98 valence electrons. The van der Waals surface area contributed by atoms with Crippen molar-refractivity contribution in [3.8, 4) is 0 Å². The number of halogens is 1. The number of ether oxygens (including phenoxy) is 1. The summed E-state index contributed by atoms with van der Waals surface area (Å²) >= 11 is 5.91. The van der Waals surface area contributed by atoms with Gasteiger partial charge in [0.2, 0.25) is 0 Å². The lowest BCUT2D eigenvalue weighted by Crippen LogP contribution is -2.39. The molecule has 0 fully saturated rings. The number of benzene rings is 1. The number of rotatable bonds is 4. The maximum atomic E-state index is 11.9. The smallest absolute Gasteiger partial charge is 0.328 e. The van der Waals surface area contributed by atoms with Crippen LogP contribution >= 0.6 is 11.6 Å². The Morgan fingerprint density at radius 3 is 2.78 bits per heavy atom. The highest BCUT2D eigenvalue weighted by molar-refractivity contribution is 6.36. The van der Waals surface area contributed by atoms with E-state index in [4.69, 9.17) is 22.1 Å². The van der Waals surface area contributed by atoms with Crippen LogP contribution in [0.2, 0.25) is 5.02 Å². The van der Waals surface area contributed by atoms with Gasteiger partial charge in [-0.2, -0.15) is 0 Å². The first kappa shape index (κ1) is 14.3. The Labute approximate surface area is 110 Å². The number of carbonyl (C=O) groups excluding carboxylic acids is 2. The van der Waals surface area contributed by atoms with Gasteiger partial charge < -0.3 is 15.8 Å². The normalized spacial score (nSPS) is 11.7. The van der Waals surface area contributed by atoms with Gasteiger partial charge in [-0.25, -0.2) is 4.79 Å². The summed E-state index contributed by atoms with van der Waals surface area (Å²) in [6, 6.07) is 4.00. The fraction of sp³-hybridized carbons (Fsp3) is 0.333. The summed E-state index contributed by atoms with van der Waals surface area (Å²) < 4.78 is 4.78. The van der Waals surface area contributed by atoms with Gasteiger partial charge in [-0.1, -0.05) is 17.7 Å². The molecule has 6 heteroatoms. The van der Waals surface area contributed by atoms with Gasteiger partial charge in [0, 0.05) is 0 Å². The summed E-state index contributed by atoms with van der Waals surface area (Å²) in [7, 11) is 0. The summed E-state index contributed by atoms with van der Waals surface area (Å²) in [6.07, 6.45) is 0. The maximum Gasteiger partial charge on any atom is 0.328 e. The number of anilines is 1. The fourth-order valence-corrected chi connectivity index (χ4v) is 1.54. The second-order valence-electron chi connectivity index (χ2n) is 3.66. The van der Waals surface area contributed by atoms with Crippen LogP contribution in [0.4, 0.5) is 5.69 Å². The van der Waals surface area contributed by atoms with Crippen molar-refractivity contribution in [3.05, 3.63) is 28.8 Å². The van der Waals surface area contributed by atoms with Gasteiger partial charge in [-0.3, -0.25) is 4.79 Å². The molecular formula is C12H15ClN2O3. The largest absolute Gasteiger partial charge is 0.464 e. The van der Waals surface area contributed by atoms with E-state index in [-0.39, 0.29) is 17.2 Å². The molecule has 3 N–H and O–H groups in total. The molecule has 0 radical (unpaired) electrons. The van der Waals surface area contributed by atoms with Crippen molar-refractivity contribution in [2.75, 3.05) is 12.3 Å². The summed E-state index contributed by atoms with van der Waals surface area (Å²) in [5.74, 6) is -0.960. The van der Waals surface area contributed by atoms with Crippen molar-refractivity contribution in [1.29, 1.82) is 0 Å². The van der Waals surface area contributed by atoms with E-state index in [0.717, 1.165) is 0 Å². The highest BCUT2D eigenvalue weighted by Crippen LogP contribution is 2.22. The Morgan fingerprint density at radius 2 is 2.17 bits per heavy atom. The Morgan fingerprint density at radius 1 is 1.50 bits per heavy atom. The molecule has 1 atom stereocenters. The van der Waals surface area contributed by atoms with Gasteiger partial charge in [0.15, 0.2) is 0 Å². The molecule has 1 rings (SSSR count). The number of carbonyl (C=O) groups is 2. The summed E-state index contributed by atoms with van der Waals surface area (Å²) in [6.45, 7) is 3.50. The minimum Gasteiger partial charge on any atom is -0.464 e. The number of nitrogens with two attached hydrogens (primary N) is 1. The van der Waals surface area contributed by atoms with Gasteiger partial charge in [0.05, 0.1) is 22.9 Å². The molecule has 0 aliphatic heterocycles. The maximum absolute atomic E-state index is 11.9. The van der Waals surface area contributed by atoms with Crippen molar-refractivity contribution < 1.29 is 14.3 Å². The van der Waals surface area contributed by atoms with Gasteiger partial charge >= 0.3 is 5.97 Å². The van der Waals surface area contributed by atoms with Crippen molar-refractivity contribution in [2.24, 2.45) is 0 Å². The van der Waals surface area contributed by atoms with Gasteiger partial charge in [-0.05, 0) is 26.0 Å². The zero-order chi connectivity index (χ0) is 13.7. The number of nitrogen functional groups attached to an aromatic ring is 1. The van der Waals surface area contributed by atoms with Crippen LogP contribution in [0, 0.1) is 0 Å². The molecule has 5 nitrogen and oxygen atoms in total. The quantitative estimate of drug-likeness (QED) is 0.643. The van der Waals surface area contributed by atoms with E-state index in [0.29, 0.717) is 5.69 Å². The zero-order valence-electron chi connectivity index (χ0n) is 10.2. The van der Waals surface area contributed by atoms with Crippen LogP contribution in [0.1, 0.15) is 24.2 Å². The van der Waals surface area contributed by atoms with Crippen molar-refractivity contribution in [1.82, 2.24) is 5.32 Å². The molecule has 1 aromatic rings. The molecule has 1 unspecified atom stereocenters. The zero-order valence-corrected chi connectivity index (χ0v) is 11.0. The molecule has 0 aromatic heterocycles. The van der Waals surface area contributed by atoms with Crippen LogP contribution < -0.4 is 11.1 Å². The summed E-state index contributed by atoms with van der Waals surface area (Å²) in [5.41, 5.74) is 6.14. The molecular weight excluding hydrogens is 256 g/mol. The van der Waals surface area contributed by atoms with E-state index in [1.54, 1.807) is 19.1 Å². The Kier molecular flexibility index (Phi) is 4.97. The van der Waals surface area contributed by atoms with Crippen molar-refractivity contribution in [3.63, 3.8) is 0 Å². The monoisotopic (exact) mass is 270 g/mol. The van der Waals surface area contributed by atoms with Gasteiger partial charge in [0.25, 0.3) is 5.91 Å². The van der Waals surface area contributed by atoms with Gasteiger partial charge in [-0.15, -0.1) is 0 Å². The van der Waals surface area contributed by atoms with Gasteiger partial charge in [0.1, 0.15) is 6.04 Å². The van der Waals surface area contributed by atoms with Crippen LogP contribution in [0.3, 0.4) is 0 Å².